The number of hydrogen-bond donors (Lipinski definition) is 0. The zero-order valence-corrected chi connectivity index (χ0v) is 16.1. The Morgan fingerprint density at radius 3 is 1.46 bits per heavy atom. The van der Waals surface area contributed by atoms with Crippen molar-refractivity contribution in [1.29, 1.82) is 0 Å². The Hall–Kier alpha value is -2.35. The number of carboxylic acid groups (broad SMARTS) is 1. The number of methoxy groups -OCH3 is 1. The van der Waals surface area contributed by atoms with Crippen molar-refractivity contribution in [2.75, 3.05) is 13.7 Å². The number of carboxylic acids is 1. The van der Waals surface area contributed by atoms with E-state index in [0.717, 1.165) is 16.7 Å². The second kappa shape index (κ2) is 10.3. The first kappa shape index (κ1) is 21.9. The number of rotatable bonds is 8. The van der Waals surface area contributed by atoms with Crippen LogP contribution >= 0.6 is 0 Å². The van der Waals surface area contributed by atoms with Crippen LogP contribution in [0.2, 0.25) is 0 Å². The third-order valence-corrected chi connectivity index (χ3v) is 4.44. The van der Waals surface area contributed by atoms with Crippen molar-refractivity contribution < 1.29 is 38.2 Å². The zero-order chi connectivity index (χ0) is 19.1. The van der Waals surface area contributed by atoms with E-state index in [1.807, 2.05) is 91.0 Å². The topological polar surface area (TPSA) is 58.6 Å². The van der Waals surface area contributed by atoms with Gasteiger partial charge >= 0.3 is 18.9 Å². The summed E-state index contributed by atoms with van der Waals surface area (Å²) >= 11 is 0. The number of carbonyl (C=O) groups excluding carboxylic acids is 1. The molecule has 0 aliphatic heterocycles. The fourth-order valence-corrected chi connectivity index (χ4v) is 3.24. The van der Waals surface area contributed by atoms with Gasteiger partial charge in [-0.2, -0.15) is 0 Å². The Morgan fingerprint density at radius 2 is 1.18 bits per heavy atom. The Morgan fingerprint density at radius 1 is 0.821 bits per heavy atom. The molecule has 0 heterocycles. The van der Waals surface area contributed by atoms with E-state index in [-0.39, 0.29) is 25.5 Å². The van der Waals surface area contributed by atoms with Gasteiger partial charge in [-0.1, -0.05) is 91.0 Å². The average Bonchev–Trinajstić information content (AvgIpc) is 2.73. The molecule has 0 N–H and O–H groups in total. The molecule has 0 bridgehead atoms. The Labute approximate surface area is 177 Å². The summed E-state index contributed by atoms with van der Waals surface area (Å²) in [5.41, 5.74) is 1.35. The van der Waals surface area contributed by atoms with Crippen LogP contribution in [0.3, 0.4) is 0 Å². The van der Waals surface area contributed by atoms with Gasteiger partial charge in [0.15, 0.2) is 0 Å². The van der Waals surface area contributed by atoms with Gasteiger partial charge < -0.3 is 19.4 Å². The minimum Gasteiger partial charge on any atom is -0.547 e. The largest absolute Gasteiger partial charge is 1.00 e. The van der Waals surface area contributed by atoms with Gasteiger partial charge in [0.05, 0.1) is 12.6 Å². The van der Waals surface area contributed by atoms with E-state index >= 15 is 0 Å². The molecule has 0 saturated carbocycles. The van der Waals surface area contributed by atoms with Crippen LogP contribution in [0.5, 0.6) is 0 Å². The van der Waals surface area contributed by atoms with Crippen molar-refractivity contribution in [2.24, 2.45) is 0 Å². The van der Waals surface area contributed by atoms with Crippen molar-refractivity contribution in [3.05, 3.63) is 108 Å². The van der Waals surface area contributed by atoms with Crippen LogP contribution < -0.4 is 24.0 Å². The van der Waals surface area contributed by atoms with Gasteiger partial charge in [-0.05, 0) is 16.7 Å². The van der Waals surface area contributed by atoms with Crippen LogP contribution in [0.25, 0.3) is 0 Å². The maximum absolute atomic E-state index is 11.7. The number of benzene rings is 3. The molecule has 0 saturated heterocycles. The summed E-state index contributed by atoms with van der Waals surface area (Å²) in [7, 11) is 1.44. The summed E-state index contributed by atoms with van der Waals surface area (Å²) in [5.74, 6) is -1.32. The van der Waals surface area contributed by atoms with Crippen LogP contribution in [0, 0.1) is 0 Å². The zero-order valence-electron chi connectivity index (χ0n) is 16.1. The van der Waals surface area contributed by atoms with Crippen LogP contribution in [0.4, 0.5) is 0 Å². The van der Waals surface area contributed by atoms with E-state index < -0.39 is 17.7 Å². The number of ether oxygens (including phenoxy) is 2. The molecule has 3 aromatic rings. The molecule has 0 aliphatic carbocycles. The van der Waals surface area contributed by atoms with Crippen molar-refractivity contribution >= 4 is 5.97 Å². The summed E-state index contributed by atoms with van der Waals surface area (Å²) < 4.78 is 11.4. The van der Waals surface area contributed by atoms with Crippen molar-refractivity contribution in [1.82, 2.24) is 0 Å². The fraction of sp³-hybridized carbons (Fsp3) is 0.174. The Balaban J connectivity index is 0.00000280. The number of carbonyl (C=O) groups is 1. The molecule has 3 rings (SSSR count). The summed E-state index contributed by atoms with van der Waals surface area (Å²) in [6, 6.07) is 28.8. The standard InChI is InChI=1S/C23H22O4.Li/c1-26-17-21(22(24)25)27-23(18-11-5-2-6-12-18,19-13-7-3-8-14-19)20-15-9-4-10-16-20;/h2-16,21H,17H2,1H3,(H,24,25);/q;+1/p-1/t21-;/m0./s1. The van der Waals surface area contributed by atoms with Gasteiger partial charge in [0.2, 0.25) is 0 Å². The van der Waals surface area contributed by atoms with Crippen LogP contribution in [0.15, 0.2) is 91.0 Å². The summed E-state index contributed by atoms with van der Waals surface area (Å²) in [6.07, 6.45) is -1.24. The third kappa shape index (κ3) is 4.55. The maximum atomic E-state index is 11.7. The van der Waals surface area contributed by atoms with Gasteiger partial charge in [0.25, 0.3) is 0 Å². The quantitative estimate of drug-likeness (QED) is 0.407. The predicted molar refractivity (Wildman–Crippen MR) is 101 cm³/mol. The SMILES string of the molecule is COC[C@H](OC(c1ccccc1)(c1ccccc1)c1ccccc1)C(=O)[O-].[Li+]. The van der Waals surface area contributed by atoms with Gasteiger partial charge in [-0.3, -0.25) is 0 Å². The first-order valence-electron chi connectivity index (χ1n) is 8.72. The molecule has 0 spiro atoms. The predicted octanol–water partition coefficient (Wildman–Crippen LogP) is -0.236. The molecule has 138 valence electrons. The number of hydrogen-bond acceptors (Lipinski definition) is 4. The molecule has 4 nitrogen and oxygen atoms in total. The van der Waals surface area contributed by atoms with Crippen LogP contribution in [-0.2, 0) is 19.9 Å². The monoisotopic (exact) mass is 368 g/mol. The van der Waals surface area contributed by atoms with Crippen LogP contribution in [-0.4, -0.2) is 25.8 Å². The molecular formula is C23H21LiO4. The van der Waals surface area contributed by atoms with Crippen molar-refractivity contribution in [3.63, 3.8) is 0 Å². The van der Waals surface area contributed by atoms with Gasteiger partial charge in [-0.25, -0.2) is 0 Å². The molecule has 5 heteroatoms. The third-order valence-electron chi connectivity index (χ3n) is 4.44. The van der Waals surface area contributed by atoms with Crippen molar-refractivity contribution in [2.45, 2.75) is 11.7 Å². The van der Waals surface area contributed by atoms with Gasteiger partial charge in [0.1, 0.15) is 11.7 Å². The first-order valence-corrected chi connectivity index (χ1v) is 8.72. The van der Waals surface area contributed by atoms with Gasteiger partial charge in [0, 0.05) is 7.11 Å². The molecule has 0 unspecified atom stereocenters. The molecule has 3 aromatic carbocycles. The minimum absolute atomic E-state index is 0. The molecule has 1 atom stereocenters. The van der Waals surface area contributed by atoms with E-state index in [9.17, 15) is 9.90 Å². The molecule has 0 fully saturated rings. The van der Waals surface area contributed by atoms with E-state index in [1.54, 1.807) is 0 Å². The first-order chi connectivity index (χ1) is 13.2. The number of aliphatic carboxylic acids is 1. The van der Waals surface area contributed by atoms with Gasteiger partial charge in [-0.15, -0.1) is 0 Å². The average molecular weight is 368 g/mol. The molecule has 0 aliphatic rings. The Kier molecular flexibility index (Phi) is 8.04. The molecule has 0 amide bonds. The van der Waals surface area contributed by atoms with E-state index in [1.165, 1.54) is 7.11 Å². The normalized spacial score (nSPS) is 12.0. The molecule has 28 heavy (non-hydrogen) atoms. The van der Waals surface area contributed by atoms with E-state index in [0.29, 0.717) is 0 Å². The second-order valence-electron chi connectivity index (χ2n) is 6.16. The molecule has 0 aromatic heterocycles. The maximum Gasteiger partial charge on any atom is 1.00 e. The van der Waals surface area contributed by atoms with Crippen molar-refractivity contribution in [3.8, 4) is 0 Å². The van der Waals surface area contributed by atoms with E-state index in [4.69, 9.17) is 9.47 Å². The fourth-order valence-electron chi connectivity index (χ4n) is 3.24. The smallest absolute Gasteiger partial charge is 0.547 e. The summed E-state index contributed by atoms with van der Waals surface area (Å²) in [6.45, 7) is -0.114. The van der Waals surface area contributed by atoms with Crippen LogP contribution in [0.1, 0.15) is 16.7 Å². The minimum atomic E-state index is -1.32. The Bertz CT molecular complexity index is 757. The molecule has 0 radical (unpaired) electrons. The summed E-state index contributed by atoms with van der Waals surface area (Å²) in [4.78, 5) is 11.7. The molecular weight excluding hydrogens is 347 g/mol. The van der Waals surface area contributed by atoms with E-state index in [2.05, 4.69) is 0 Å². The summed E-state index contributed by atoms with van der Waals surface area (Å²) in [5, 5.41) is 11.7. The second-order valence-corrected chi connectivity index (χ2v) is 6.16.